The second-order valence-electron chi connectivity index (χ2n) is 4.83. The van der Waals surface area contributed by atoms with E-state index in [4.69, 9.17) is 10.00 Å². The number of methoxy groups -OCH3 is 1. The summed E-state index contributed by atoms with van der Waals surface area (Å²) in [5.74, 6) is 0.680. The Bertz CT molecular complexity index is 536. The highest BCUT2D eigenvalue weighted by Crippen LogP contribution is 2.21. The minimum atomic E-state index is -0.0783. The number of carbonyl (C=O) groups excluding carboxylic acids is 1. The zero-order chi connectivity index (χ0) is 14.5. The summed E-state index contributed by atoms with van der Waals surface area (Å²) in [6, 6.07) is 7.58. The zero-order valence-electron chi connectivity index (χ0n) is 11.8. The minimum Gasteiger partial charge on any atom is -0.495 e. The Morgan fingerprint density at radius 3 is 3.00 bits per heavy atom. The molecule has 0 radical (unpaired) electrons. The van der Waals surface area contributed by atoms with E-state index in [1.165, 1.54) is 0 Å². The number of amides is 1. The molecular weight excluding hydrogens is 254 g/mol. The van der Waals surface area contributed by atoms with E-state index in [1.807, 2.05) is 19.1 Å². The van der Waals surface area contributed by atoms with Crippen LogP contribution in [-0.2, 0) is 11.3 Å². The van der Waals surface area contributed by atoms with Gasteiger partial charge in [-0.3, -0.25) is 9.69 Å². The molecule has 1 fully saturated rings. The highest BCUT2D eigenvalue weighted by Gasteiger charge is 2.27. The number of hydrogen-bond acceptors (Lipinski definition) is 4. The quantitative estimate of drug-likeness (QED) is 0.897. The number of benzene rings is 1. The maximum atomic E-state index is 11.8. The number of hydrogen-bond donors (Lipinski definition) is 1. The van der Waals surface area contributed by atoms with Gasteiger partial charge in [-0.05, 0) is 24.1 Å². The van der Waals surface area contributed by atoms with Gasteiger partial charge in [-0.1, -0.05) is 13.0 Å². The lowest BCUT2D eigenvalue weighted by Gasteiger charge is -2.34. The Labute approximate surface area is 119 Å². The predicted molar refractivity (Wildman–Crippen MR) is 75.2 cm³/mol. The summed E-state index contributed by atoms with van der Waals surface area (Å²) in [6.45, 7) is 4.23. The van der Waals surface area contributed by atoms with Crippen molar-refractivity contribution in [1.82, 2.24) is 10.2 Å². The van der Waals surface area contributed by atoms with E-state index in [1.54, 1.807) is 13.2 Å². The SMILES string of the molecule is CCC1C(=O)NCCN1Cc1ccc(C#N)c(OC)c1. The number of ether oxygens (including phenoxy) is 1. The molecule has 0 spiro atoms. The first kappa shape index (κ1) is 14.4. The fourth-order valence-electron chi connectivity index (χ4n) is 2.56. The van der Waals surface area contributed by atoms with Gasteiger partial charge in [0, 0.05) is 19.6 Å². The molecule has 1 N–H and O–H groups in total. The molecule has 1 aromatic rings. The van der Waals surface area contributed by atoms with Crippen LogP contribution in [0.15, 0.2) is 18.2 Å². The van der Waals surface area contributed by atoms with Crippen LogP contribution < -0.4 is 10.1 Å². The Balaban J connectivity index is 2.17. The standard InChI is InChI=1S/C15H19N3O2/c1-3-13-15(19)17-6-7-18(13)10-11-4-5-12(9-16)14(8-11)20-2/h4-5,8,13H,3,6-7,10H2,1-2H3,(H,17,19). The van der Waals surface area contributed by atoms with E-state index >= 15 is 0 Å². The second-order valence-corrected chi connectivity index (χ2v) is 4.83. The number of nitrogens with zero attached hydrogens (tertiary/aromatic N) is 2. The molecule has 0 aliphatic carbocycles. The third kappa shape index (κ3) is 2.91. The van der Waals surface area contributed by atoms with Crippen LogP contribution in [0.1, 0.15) is 24.5 Å². The van der Waals surface area contributed by atoms with Crippen molar-refractivity contribution in [3.8, 4) is 11.8 Å². The van der Waals surface area contributed by atoms with Gasteiger partial charge in [-0.2, -0.15) is 5.26 Å². The smallest absolute Gasteiger partial charge is 0.237 e. The Kier molecular flexibility index (Phi) is 4.59. The van der Waals surface area contributed by atoms with Crippen molar-refractivity contribution < 1.29 is 9.53 Å². The number of nitrogens with one attached hydrogen (secondary N) is 1. The van der Waals surface area contributed by atoms with Crippen LogP contribution in [0, 0.1) is 11.3 Å². The topological polar surface area (TPSA) is 65.4 Å². The number of carbonyl (C=O) groups is 1. The average molecular weight is 273 g/mol. The maximum absolute atomic E-state index is 11.8. The fourth-order valence-corrected chi connectivity index (χ4v) is 2.56. The zero-order valence-corrected chi connectivity index (χ0v) is 11.8. The van der Waals surface area contributed by atoms with Gasteiger partial charge in [-0.15, -0.1) is 0 Å². The molecule has 2 rings (SSSR count). The van der Waals surface area contributed by atoms with Crippen molar-refractivity contribution >= 4 is 5.91 Å². The lowest BCUT2D eigenvalue weighted by molar-refractivity contribution is -0.129. The van der Waals surface area contributed by atoms with E-state index in [-0.39, 0.29) is 11.9 Å². The Hall–Kier alpha value is -2.06. The predicted octanol–water partition coefficient (Wildman–Crippen LogP) is 1.28. The van der Waals surface area contributed by atoms with E-state index in [2.05, 4.69) is 16.3 Å². The van der Waals surface area contributed by atoms with Gasteiger partial charge < -0.3 is 10.1 Å². The highest BCUT2D eigenvalue weighted by molar-refractivity contribution is 5.82. The van der Waals surface area contributed by atoms with Crippen molar-refractivity contribution in [1.29, 1.82) is 5.26 Å². The highest BCUT2D eigenvalue weighted by atomic mass is 16.5. The van der Waals surface area contributed by atoms with E-state index in [0.29, 0.717) is 24.4 Å². The normalized spacial score (nSPS) is 19.2. The first-order valence-electron chi connectivity index (χ1n) is 6.78. The molecule has 1 amide bonds. The molecule has 1 atom stereocenters. The molecule has 1 aliphatic heterocycles. The molecule has 1 aliphatic rings. The van der Waals surface area contributed by atoms with Gasteiger partial charge in [0.25, 0.3) is 0 Å². The summed E-state index contributed by atoms with van der Waals surface area (Å²) in [7, 11) is 1.56. The van der Waals surface area contributed by atoms with Gasteiger partial charge >= 0.3 is 0 Å². The van der Waals surface area contributed by atoms with Crippen molar-refractivity contribution in [2.45, 2.75) is 25.9 Å². The molecule has 106 valence electrons. The molecule has 1 heterocycles. The second kappa shape index (κ2) is 6.40. The van der Waals surface area contributed by atoms with E-state index < -0.39 is 0 Å². The molecular formula is C15H19N3O2. The fraction of sp³-hybridized carbons (Fsp3) is 0.467. The summed E-state index contributed by atoms with van der Waals surface area (Å²) in [6.07, 6.45) is 0.791. The molecule has 0 saturated carbocycles. The van der Waals surface area contributed by atoms with Gasteiger partial charge in [0.1, 0.15) is 11.8 Å². The van der Waals surface area contributed by atoms with Crippen molar-refractivity contribution in [2.75, 3.05) is 20.2 Å². The first-order valence-corrected chi connectivity index (χ1v) is 6.78. The van der Waals surface area contributed by atoms with Gasteiger partial charge in [0.2, 0.25) is 5.91 Å². The maximum Gasteiger partial charge on any atom is 0.237 e. The van der Waals surface area contributed by atoms with Crippen LogP contribution >= 0.6 is 0 Å². The molecule has 0 bridgehead atoms. The molecule has 5 nitrogen and oxygen atoms in total. The largest absolute Gasteiger partial charge is 0.495 e. The van der Waals surface area contributed by atoms with Gasteiger partial charge in [-0.25, -0.2) is 0 Å². The molecule has 0 aromatic heterocycles. The third-order valence-electron chi connectivity index (χ3n) is 3.60. The van der Waals surface area contributed by atoms with Crippen molar-refractivity contribution in [2.24, 2.45) is 0 Å². The van der Waals surface area contributed by atoms with Crippen LogP contribution in [-0.4, -0.2) is 37.0 Å². The molecule has 1 saturated heterocycles. The van der Waals surface area contributed by atoms with Crippen LogP contribution in [0.5, 0.6) is 5.75 Å². The number of piperazine rings is 1. The van der Waals surface area contributed by atoms with Gasteiger partial charge in [0.15, 0.2) is 0 Å². The first-order chi connectivity index (χ1) is 9.69. The minimum absolute atomic E-state index is 0.0783. The molecule has 20 heavy (non-hydrogen) atoms. The summed E-state index contributed by atoms with van der Waals surface area (Å²) in [5.41, 5.74) is 1.58. The summed E-state index contributed by atoms with van der Waals surface area (Å²) < 4.78 is 5.22. The number of rotatable bonds is 4. The third-order valence-corrected chi connectivity index (χ3v) is 3.60. The van der Waals surface area contributed by atoms with Gasteiger partial charge in [0.05, 0.1) is 18.7 Å². The molecule has 1 aromatic carbocycles. The van der Waals surface area contributed by atoms with Crippen LogP contribution in [0.25, 0.3) is 0 Å². The number of nitriles is 1. The van der Waals surface area contributed by atoms with E-state index in [9.17, 15) is 4.79 Å². The lowest BCUT2D eigenvalue weighted by atomic mass is 10.1. The van der Waals surface area contributed by atoms with Crippen LogP contribution in [0.2, 0.25) is 0 Å². The monoisotopic (exact) mass is 273 g/mol. The Morgan fingerprint density at radius 1 is 1.55 bits per heavy atom. The molecule has 1 unspecified atom stereocenters. The van der Waals surface area contributed by atoms with E-state index in [0.717, 1.165) is 18.5 Å². The Morgan fingerprint density at radius 2 is 2.35 bits per heavy atom. The van der Waals surface area contributed by atoms with Crippen LogP contribution in [0.4, 0.5) is 0 Å². The molecule has 5 heteroatoms. The summed E-state index contributed by atoms with van der Waals surface area (Å²) in [5, 5.41) is 11.9. The van der Waals surface area contributed by atoms with Crippen molar-refractivity contribution in [3.05, 3.63) is 29.3 Å². The van der Waals surface area contributed by atoms with Crippen LogP contribution in [0.3, 0.4) is 0 Å². The lowest BCUT2D eigenvalue weighted by Crippen LogP contribution is -2.54. The summed E-state index contributed by atoms with van der Waals surface area (Å²) >= 11 is 0. The summed E-state index contributed by atoms with van der Waals surface area (Å²) in [4.78, 5) is 14.0. The van der Waals surface area contributed by atoms with Crippen molar-refractivity contribution in [3.63, 3.8) is 0 Å². The average Bonchev–Trinajstić information content (AvgIpc) is 2.47.